The number of benzene rings is 2. The van der Waals surface area contributed by atoms with Gasteiger partial charge in [-0.2, -0.15) is 0 Å². The largest absolute Gasteiger partial charge is 0.463 e. The molecule has 3 N–H and O–H groups in total. The van der Waals surface area contributed by atoms with Gasteiger partial charge >= 0.3 is 5.97 Å². The topological polar surface area (TPSA) is 73.6 Å². The number of esters is 1. The number of dihydropyridines is 1. The first-order valence-corrected chi connectivity index (χ1v) is 14.2. The van der Waals surface area contributed by atoms with Gasteiger partial charge in [0, 0.05) is 23.2 Å². The second kappa shape index (κ2) is 15.7. The molecule has 1 aliphatic carbocycles. The number of carbonyl (C=O) groups is 1. The lowest BCUT2D eigenvalue weighted by Gasteiger charge is -2.42. The first kappa shape index (κ1) is 32.4. The summed E-state index contributed by atoms with van der Waals surface area (Å²) in [6.45, 7) is 18.1. The van der Waals surface area contributed by atoms with Gasteiger partial charge in [-0.3, -0.25) is 0 Å². The fourth-order valence-electron chi connectivity index (χ4n) is 4.96. The zero-order valence-corrected chi connectivity index (χ0v) is 25.2. The standard InChI is InChI=1S/C24H31ClN2O3.C7H8.C2H6/c1-5-30-23(28)22-19(14-29-11-10-26)27-18-13-24(3,4)12-15(2)20(18)21(22)16-8-6-7-9-17(16)25;1-7-5-3-2-4-6-7;1-2/h6-9,21,27H,2,5,10-14,26H2,1,3-4H3;2-6H,1H3;1-2H3. The summed E-state index contributed by atoms with van der Waals surface area (Å²) in [6.07, 6.45) is 1.70. The number of rotatable bonds is 7. The molecule has 1 atom stereocenters. The van der Waals surface area contributed by atoms with Gasteiger partial charge in [-0.25, -0.2) is 4.79 Å². The first-order chi connectivity index (χ1) is 18.7. The van der Waals surface area contributed by atoms with Crippen LogP contribution in [0.25, 0.3) is 0 Å². The van der Waals surface area contributed by atoms with Crippen molar-refractivity contribution >= 4 is 17.6 Å². The summed E-state index contributed by atoms with van der Waals surface area (Å²) in [5.74, 6) is -0.723. The number of hydrogen-bond acceptors (Lipinski definition) is 5. The highest BCUT2D eigenvalue weighted by Gasteiger charge is 2.42. The third kappa shape index (κ3) is 8.82. The van der Waals surface area contributed by atoms with Gasteiger partial charge in [0.1, 0.15) is 0 Å². The van der Waals surface area contributed by atoms with Crippen molar-refractivity contribution in [2.24, 2.45) is 11.1 Å². The van der Waals surface area contributed by atoms with Crippen LogP contribution in [0.3, 0.4) is 0 Å². The average molecular weight is 553 g/mol. The molecule has 0 saturated heterocycles. The van der Waals surface area contributed by atoms with Crippen LogP contribution < -0.4 is 11.1 Å². The van der Waals surface area contributed by atoms with Gasteiger partial charge in [-0.1, -0.05) is 100.0 Å². The quantitative estimate of drug-likeness (QED) is 0.275. The SMILES string of the molecule is C=C1CC(C)(C)CC2=C1C(c1ccccc1Cl)C(C(=O)OCC)=C(COCCN)N2.CC.Cc1ccccc1. The van der Waals surface area contributed by atoms with Crippen LogP contribution in [0.4, 0.5) is 0 Å². The molecule has 0 fully saturated rings. The number of carbonyl (C=O) groups excluding carboxylic acids is 1. The molecule has 1 aliphatic heterocycles. The minimum Gasteiger partial charge on any atom is -0.463 e. The van der Waals surface area contributed by atoms with E-state index >= 15 is 0 Å². The Bertz CT molecular complexity index is 1170. The van der Waals surface area contributed by atoms with E-state index < -0.39 is 0 Å². The minimum atomic E-state index is -0.370. The fourth-order valence-corrected chi connectivity index (χ4v) is 5.20. The monoisotopic (exact) mass is 552 g/mol. The van der Waals surface area contributed by atoms with E-state index in [4.69, 9.17) is 26.8 Å². The van der Waals surface area contributed by atoms with Gasteiger partial charge in [0.15, 0.2) is 0 Å². The lowest BCUT2D eigenvalue weighted by atomic mass is 9.67. The number of allylic oxidation sites excluding steroid dienone is 3. The highest BCUT2D eigenvalue weighted by atomic mass is 35.5. The molecular formula is C33H45ClN2O3. The van der Waals surface area contributed by atoms with Crippen LogP contribution in [0.5, 0.6) is 0 Å². The van der Waals surface area contributed by atoms with Crippen LogP contribution in [0.2, 0.25) is 5.02 Å². The van der Waals surface area contributed by atoms with Crippen LogP contribution in [0, 0.1) is 12.3 Å². The molecule has 5 nitrogen and oxygen atoms in total. The van der Waals surface area contributed by atoms with Gasteiger partial charge in [0.2, 0.25) is 0 Å². The van der Waals surface area contributed by atoms with Crippen LogP contribution in [0.15, 0.2) is 89.3 Å². The first-order valence-electron chi connectivity index (χ1n) is 13.8. The van der Waals surface area contributed by atoms with Crippen LogP contribution in [-0.2, 0) is 14.3 Å². The predicted molar refractivity (Wildman–Crippen MR) is 163 cm³/mol. The average Bonchev–Trinajstić information content (AvgIpc) is 2.90. The van der Waals surface area contributed by atoms with Crippen molar-refractivity contribution in [3.05, 3.63) is 105 Å². The van der Waals surface area contributed by atoms with Gasteiger partial charge < -0.3 is 20.5 Å². The summed E-state index contributed by atoms with van der Waals surface area (Å²) in [7, 11) is 0. The summed E-state index contributed by atoms with van der Waals surface area (Å²) >= 11 is 6.62. The molecule has 0 saturated carbocycles. The van der Waals surface area contributed by atoms with Gasteiger partial charge in [-0.15, -0.1) is 0 Å². The molecule has 0 spiro atoms. The molecule has 2 aliphatic rings. The summed E-state index contributed by atoms with van der Waals surface area (Å²) in [5, 5.41) is 4.11. The van der Waals surface area contributed by atoms with Gasteiger partial charge in [0.25, 0.3) is 0 Å². The fraction of sp³-hybridized carbons (Fsp3) is 0.424. The summed E-state index contributed by atoms with van der Waals surface area (Å²) in [5.41, 5.74) is 12.2. The van der Waals surface area contributed by atoms with Crippen molar-refractivity contribution in [1.29, 1.82) is 0 Å². The van der Waals surface area contributed by atoms with E-state index in [0.29, 0.717) is 29.4 Å². The van der Waals surface area contributed by atoms with E-state index in [2.05, 4.69) is 44.8 Å². The molecule has 2 aromatic carbocycles. The maximum atomic E-state index is 13.1. The molecule has 39 heavy (non-hydrogen) atoms. The number of nitrogens with one attached hydrogen (secondary N) is 1. The van der Waals surface area contributed by atoms with Crippen molar-refractivity contribution in [1.82, 2.24) is 5.32 Å². The summed E-state index contributed by atoms with van der Waals surface area (Å²) < 4.78 is 11.2. The summed E-state index contributed by atoms with van der Waals surface area (Å²) in [6, 6.07) is 17.9. The highest BCUT2D eigenvalue weighted by Crippen LogP contribution is 2.51. The van der Waals surface area contributed by atoms with Crippen LogP contribution in [0.1, 0.15) is 64.5 Å². The number of aryl methyl sites for hydroxylation is 1. The van der Waals surface area contributed by atoms with E-state index in [1.54, 1.807) is 6.92 Å². The molecule has 1 heterocycles. The van der Waals surface area contributed by atoms with E-state index in [0.717, 1.165) is 35.2 Å². The Kier molecular flexibility index (Phi) is 13.0. The van der Waals surface area contributed by atoms with Crippen molar-refractivity contribution in [2.45, 2.75) is 60.3 Å². The predicted octanol–water partition coefficient (Wildman–Crippen LogP) is 7.47. The zero-order chi connectivity index (χ0) is 29.0. The molecule has 0 bridgehead atoms. The highest BCUT2D eigenvalue weighted by molar-refractivity contribution is 6.31. The van der Waals surface area contributed by atoms with Crippen molar-refractivity contribution < 1.29 is 14.3 Å². The van der Waals surface area contributed by atoms with E-state index in [1.165, 1.54) is 5.56 Å². The van der Waals surface area contributed by atoms with Crippen molar-refractivity contribution in [3.8, 4) is 0 Å². The number of halogens is 1. The third-order valence-electron chi connectivity index (χ3n) is 6.42. The van der Waals surface area contributed by atoms with Crippen molar-refractivity contribution in [3.63, 3.8) is 0 Å². The third-order valence-corrected chi connectivity index (χ3v) is 6.76. The Balaban J connectivity index is 0.000000507. The second-order valence-corrected chi connectivity index (χ2v) is 10.6. The van der Waals surface area contributed by atoms with Gasteiger partial charge in [-0.05, 0) is 54.9 Å². The second-order valence-electron chi connectivity index (χ2n) is 10.2. The Hall–Kier alpha value is -2.86. The zero-order valence-electron chi connectivity index (χ0n) is 24.4. The van der Waals surface area contributed by atoms with Gasteiger partial charge in [0.05, 0.1) is 31.1 Å². The molecule has 2 aromatic rings. The van der Waals surface area contributed by atoms with E-state index in [-0.39, 0.29) is 30.5 Å². The molecule has 4 rings (SSSR count). The number of hydrogen-bond donors (Lipinski definition) is 2. The Morgan fingerprint density at radius 1 is 1.10 bits per heavy atom. The lowest BCUT2D eigenvalue weighted by Crippen LogP contribution is -2.37. The molecule has 0 amide bonds. The Morgan fingerprint density at radius 3 is 2.31 bits per heavy atom. The normalized spacial score (nSPS) is 17.6. The number of nitrogens with two attached hydrogens (primary N) is 1. The molecule has 0 radical (unpaired) electrons. The van der Waals surface area contributed by atoms with Crippen LogP contribution >= 0.6 is 11.6 Å². The molecule has 212 valence electrons. The van der Waals surface area contributed by atoms with Crippen LogP contribution in [-0.4, -0.2) is 32.3 Å². The Labute approximate surface area is 240 Å². The lowest BCUT2D eigenvalue weighted by molar-refractivity contribution is -0.138. The van der Waals surface area contributed by atoms with E-state index in [9.17, 15) is 4.79 Å². The van der Waals surface area contributed by atoms with E-state index in [1.807, 2.05) is 56.3 Å². The minimum absolute atomic E-state index is 0.0681. The van der Waals surface area contributed by atoms with Crippen molar-refractivity contribution in [2.75, 3.05) is 26.4 Å². The summed E-state index contributed by atoms with van der Waals surface area (Å²) in [4.78, 5) is 13.1. The maximum Gasteiger partial charge on any atom is 0.336 e. The smallest absolute Gasteiger partial charge is 0.336 e. The molecular weight excluding hydrogens is 508 g/mol. The Morgan fingerprint density at radius 2 is 1.74 bits per heavy atom. The molecule has 1 unspecified atom stereocenters. The number of ether oxygens (including phenoxy) is 2. The maximum absolute atomic E-state index is 13.1. The molecule has 0 aromatic heterocycles. The molecule has 6 heteroatoms.